The van der Waals surface area contributed by atoms with Crippen LogP contribution in [-0.4, -0.2) is 76.1 Å². The SMILES string of the molecule is COc1cc(C2=NOC(c3cc(CO)c(CO)c(CO)c3)C2)ccc1OCCCCCCOc1cc2c(cc1CO)C(=O)N1CCC[C@H]1C=N2. The number of carbonyl (C=O) groups is 1. The second-order valence-electron chi connectivity index (χ2n) is 12.7. The topological polar surface area (TPSA) is 163 Å². The van der Waals surface area contributed by atoms with Crippen molar-refractivity contribution in [2.75, 3.05) is 26.9 Å². The number of amides is 1. The molecular formula is C38H45N3O9. The molecule has 266 valence electrons. The van der Waals surface area contributed by atoms with Gasteiger partial charge >= 0.3 is 0 Å². The van der Waals surface area contributed by atoms with Gasteiger partial charge in [0, 0.05) is 36.4 Å². The van der Waals surface area contributed by atoms with Crippen molar-refractivity contribution in [3.8, 4) is 17.2 Å². The molecule has 3 aliphatic heterocycles. The van der Waals surface area contributed by atoms with Crippen molar-refractivity contribution >= 4 is 23.5 Å². The third-order valence-electron chi connectivity index (χ3n) is 9.57. The molecule has 1 unspecified atom stereocenters. The predicted octanol–water partition coefficient (Wildman–Crippen LogP) is 4.87. The van der Waals surface area contributed by atoms with Gasteiger partial charge in [-0.05, 0) is 97.2 Å². The Hall–Kier alpha value is -4.49. The lowest BCUT2D eigenvalue weighted by molar-refractivity contribution is 0.0774. The molecule has 3 heterocycles. The molecule has 2 atom stereocenters. The molecule has 12 nitrogen and oxygen atoms in total. The summed E-state index contributed by atoms with van der Waals surface area (Å²) in [5.74, 6) is 1.75. The first-order chi connectivity index (χ1) is 24.5. The first-order valence-electron chi connectivity index (χ1n) is 17.2. The summed E-state index contributed by atoms with van der Waals surface area (Å²) < 4.78 is 17.7. The summed E-state index contributed by atoms with van der Waals surface area (Å²) in [4.78, 5) is 25.2. The first kappa shape index (κ1) is 35.3. The van der Waals surface area contributed by atoms with E-state index in [1.807, 2.05) is 29.3 Å². The van der Waals surface area contributed by atoms with E-state index in [1.54, 1.807) is 31.4 Å². The van der Waals surface area contributed by atoms with Crippen molar-refractivity contribution in [3.05, 3.63) is 81.4 Å². The molecular weight excluding hydrogens is 642 g/mol. The Labute approximate surface area is 291 Å². The van der Waals surface area contributed by atoms with Crippen LogP contribution in [0.5, 0.6) is 17.2 Å². The molecule has 3 aromatic carbocycles. The van der Waals surface area contributed by atoms with Crippen LogP contribution in [0.4, 0.5) is 5.69 Å². The number of fused-ring (bicyclic) bond motifs is 2. The van der Waals surface area contributed by atoms with Gasteiger partial charge < -0.3 is 44.4 Å². The van der Waals surface area contributed by atoms with Gasteiger partial charge in [0.15, 0.2) is 17.6 Å². The van der Waals surface area contributed by atoms with Crippen molar-refractivity contribution in [2.24, 2.45) is 10.1 Å². The zero-order valence-electron chi connectivity index (χ0n) is 28.3. The third-order valence-corrected chi connectivity index (χ3v) is 9.57. The van der Waals surface area contributed by atoms with Gasteiger partial charge in [-0.1, -0.05) is 5.16 Å². The zero-order chi connectivity index (χ0) is 35.0. The molecule has 12 heteroatoms. The molecule has 0 aliphatic carbocycles. The highest BCUT2D eigenvalue weighted by Crippen LogP contribution is 2.36. The molecule has 3 aromatic rings. The fourth-order valence-electron chi connectivity index (χ4n) is 6.78. The van der Waals surface area contributed by atoms with E-state index in [2.05, 4.69) is 10.1 Å². The van der Waals surface area contributed by atoms with E-state index in [1.165, 1.54) is 0 Å². The monoisotopic (exact) mass is 687 g/mol. The number of unbranched alkanes of at least 4 members (excludes halogenated alkanes) is 3. The molecule has 0 spiro atoms. The number of methoxy groups -OCH3 is 1. The lowest BCUT2D eigenvalue weighted by Crippen LogP contribution is -2.35. The number of hydrogen-bond donors (Lipinski definition) is 4. The van der Waals surface area contributed by atoms with E-state index in [4.69, 9.17) is 19.0 Å². The van der Waals surface area contributed by atoms with Gasteiger partial charge in [0.2, 0.25) is 0 Å². The van der Waals surface area contributed by atoms with Crippen molar-refractivity contribution in [2.45, 2.75) is 83.5 Å². The lowest BCUT2D eigenvalue weighted by atomic mass is 9.93. The van der Waals surface area contributed by atoms with E-state index >= 15 is 0 Å². The molecule has 6 rings (SSSR count). The van der Waals surface area contributed by atoms with Crippen LogP contribution >= 0.6 is 0 Å². The normalized spacial score (nSPS) is 18.0. The second kappa shape index (κ2) is 16.5. The average molecular weight is 688 g/mol. The van der Waals surface area contributed by atoms with Crippen LogP contribution in [0, 0.1) is 0 Å². The molecule has 1 amide bonds. The number of benzene rings is 3. The summed E-state index contributed by atoms with van der Waals surface area (Å²) in [5, 5.41) is 43.5. The fourth-order valence-corrected chi connectivity index (χ4v) is 6.78. The highest BCUT2D eigenvalue weighted by Gasteiger charge is 2.32. The Bertz CT molecular complexity index is 1720. The summed E-state index contributed by atoms with van der Waals surface area (Å²) in [6.45, 7) is 0.738. The number of aliphatic hydroxyl groups is 4. The number of aliphatic hydroxyl groups excluding tert-OH is 4. The highest BCUT2D eigenvalue weighted by atomic mass is 16.6. The highest BCUT2D eigenvalue weighted by molar-refractivity contribution is 6.03. The number of aliphatic imine (C=N–C) groups is 1. The summed E-state index contributed by atoms with van der Waals surface area (Å²) in [7, 11) is 1.59. The minimum atomic E-state index is -0.391. The number of rotatable bonds is 16. The lowest BCUT2D eigenvalue weighted by Gasteiger charge is -2.20. The van der Waals surface area contributed by atoms with E-state index in [9.17, 15) is 25.2 Å². The van der Waals surface area contributed by atoms with Gasteiger partial charge in [0.1, 0.15) is 5.75 Å². The average Bonchev–Trinajstić information content (AvgIpc) is 3.82. The second-order valence-corrected chi connectivity index (χ2v) is 12.7. The Kier molecular flexibility index (Phi) is 11.6. The van der Waals surface area contributed by atoms with Crippen LogP contribution in [0.25, 0.3) is 0 Å². The minimum absolute atomic E-state index is 0.0331. The number of nitrogens with zero attached hydrogens (tertiary/aromatic N) is 3. The molecule has 0 radical (unpaired) electrons. The maximum absolute atomic E-state index is 13.1. The predicted molar refractivity (Wildman–Crippen MR) is 186 cm³/mol. The summed E-state index contributed by atoms with van der Waals surface area (Å²) in [6.07, 6.45) is 7.41. The van der Waals surface area contributed by atoms with Crippen LogP contribution < -0.4 is 14.2 Å². The van der Waals surface area contributed by atoms with Gasteiger partial charge in [-0.25, -0.2) is 0 Å². The van der Waals surface area contributed by atoms with Crippen LogP contribution in [-0.2, 0) is 31.3 Å². The minimum Gasteiger partial charge on any atom is -0.493 e. The molecule has 0 saturated carbocycles. The molecule has 1 fully saturated rings. The van der Waals surface area contributed by atoms with Crippen LogP contribution in [0.15, 0.2) is 52.6 Å². The molecule has 0 bridgehead atoms. The Morgan fingerprint density at radius 2 is 1.56 bits per heavy atom. The maximum atomic E-state index is 13.1. The van der Waals surface area contributed by atoms with Gasteiger partial charge in [-0.2, -0.15) is 0 Å². The van der Waals surface area contributed by atoms with Gasteiger partial charge in [0.05, 0.1) is 69.8 Å². The van der Waals surface area contributed by atoms with Gasteiger partial charge in [0.25, 0.3) is 5.91 Å². The molecule has 3 aliphatic rings. The molecule has 4 N–H and O–H groups in total. The Morgan fingerprint density at radius 3 is 2.24 bits per heavy atom. The quantitative estimate of drug-likeness (QED) is 0.154. The van der Waals surface area contributed by atoms with Crippen LogP contribution in [0.2, 0.25) is 0 Å². The Balaban J connectivity index is 0.952. The van der Waals surface area contributed by atoms with Crippen molar-refractivity contribution < 1.29 is 44.3 Å². The van der Waals surface area contributed by atoms with Crippen LogP contribution in [0.1, 0.15) is 94.8 Å². The summed E-state index contributed by atoms with van der Waals surface area (Å²) >= 11 is 0. The van der Waals surface area contributed by atoms with E-state index < -0.39 is 6.10 Å². The van der Waals surface area contributed by atoms with Gasteiger partial charge in [-0.3, -0.25) is 9.79 Å². The summed E-state index contributed by atoms with van der Waals surface area (Å²) in [5.41, 5.74) is 5.67. The van der Waals surface area contributed by atoms with Gasteiger partial charge in [-0.15, -0.1) is 0 Å². The van der Waals surface area contributed by atoms with E-state index in [-0.39, 0.29) is 38.4 Å². The number of oxime groups is 1. The van der Waals surface area contributed by atoms with Crippen molar-refractivity contribution in [3.63, 3.8) is 0 Å². The number of ether oxygens (including phenoxy) is 3. The van der Waals surface area contributed by atoms with Crippen LogP contribution in [0.3, 0.4) is 0 Å². The maximum Gasteiger partial charge on any atom is 0.256 e. The summed E-state index contributed by atoms with van der Waals surface area (Å²) in [6, 6.07) is 12.7. The third kappa shape index (κ3) is 7.63. The van der Waals surface area contributed by atoms with Crippen molar-refractivity contribution in [1.29, 1.82) is 0 Å². The first-order valence-corrected chi connectivity index (χ1v) is 17.2. The number of carbonyl (C=O) groups excluding carboxylic acids is 1. The fraction of sp³-hybridized carbons (Fsp3) is 0.447. The number of hydrogen-bond acceptors (Lipinski definition) is 11. The largest absolute Gasteiger partial charge is 0.493 e. The molecule has 0 aromatic heterocycles. The zero-order valence-corrected chi connectivity index (χ0v) is 28.3. The van der Waals surface area contributed by atoms with E-state index in [0.717, 1.165) is 61.9 Å². The standard InChI is InChI=1S/C38H45N3O9/c1-47-37-16-24(32-17-36(50-40-32)25-13-26(20-42)31(23-45)27(14-25)21-43)8-9-34(37)48-11-4-2-3-5-12-49-35-18-33-30(15-28(35)22-44)38(46)41-10-6-7-29(41)19-39-33/h8-9,13-16,18-19,29,36,42-45H,2-7,10-12,17,20-23H2,1H3/t29-,36?/m0/s1. The molecule has 1 saturated heterocycles. The molecule has 50 heavy (non-hydrogen) atoms. The smallest absolute Gasteiger partial charge is 0.256 e. The van der Waals surface area contributed by atoms with Crippen molar-refractivity contribution in [1.82, 2.24) is 4.90 Å². The van der Waals surface area contributed by atoms with E-state index in [0.29, 0.717) is 70.4 Å². The Morgan fingerprint density at radius 1 is 0.840 bits per heavy atom.